The molecule has 0 unspecified atom stereocenters. The van der Waals surface area contributed by atoms with Crippen LogP contribution in [-0.4, -0.2) is 46.8 Å². The maximum absolute atomic E-state index is 9.65. The van der Waals surface area contributed by atoms with Gasteiger partial charge in [0, 0.05) is 0 Å². The van der Waals surface area contributed by atoms with Gasteiger partial charge in [-0.25, -0.2) is 0 Å². The van der Waals surface area contributed by atoms with Crippen molar-refractivity contribution in [1.82, 2.24) is 0 Å². The second-order valence-corrected chi connectivity index (χ2v) is 3.74. The normalized spacial score (nSPS) is 53.0. The van der Waals surface area contributed by atoms with Gasteiger partial charge < -0.3 is 19.7 Å². The predicted molar refractivity (Wildman–Crippen MR) is 46.3 cm³/mol. The number of aliphatic hydroxyl groups excluding tert-OH is 2. The van der Waals surface area contributed by atoms with Gasteiger partial charge in [-0.15, -0.1) is 0 Å². The molecule has 4 heteroatoms. The molecule has 3 rings (SSSR count). The molecular weight excluding hydrogens is 184 g/mol. The Hall–Kier alpha value is -0.860. The van der Waals surface area contributed by atoms with E-state index in [4.69, 9.17) is 9.47 Å². The Kier molecular flexibility index (Phi) is 1.56. The summed E-state index contributed by atoms with van der Waals surface area (Å²) in [4.78, 5) is 0. The average molecular weight is 194 g/mol. The number of fused-ring (bicyclic) bond motifs is 1. The van der Waals surface area contributed by atoms with E-state index < -0.39 is 17.8 Å². The molecule has 0 aromatic rings. The van der Waals surface area contributed by atoms with Crippen molar-refractivity contribution in [3.63, 3.8) is 0 Å². The van der Waals surface area contributed by atoms with Crippen LogP contribution in [0.25, 0.3) is 0 Å². The van der Waals surface area contributed by atoms with E-state index in [1.165, 1.54) is 12.2 Å². The third kappa shape index (κ3) is 1.11. The molecule has 74 valence electrons. The van der Waals surface area contributed by atoms with Crippen LogP contribution in [0.2, 0.25) is 0 Å². The van der Waals surface area contributed by atoms with Gasteiger partial charge in [-0.1, -0.05) is 24.0 Å². The number of aliphatic hydroxyl groups is 2. The zero-order valence-electron chi connectivity index (χ0n) is 7.38. The Balaban J connectivity index is 1.84. The van der Waals surface area contributed by atoms with Crippen LogP contribution in [0.5, 0.6) is 0 Å². The Bertz CT molecular complexity index is 349. The quantitative estimate of drug-likeness (QED) is 0.289. The lowest BCUT2D eigenvalue weighted by Crippen LogP contribution is -2.36. The monoisotopic (exact) mass is 194 g/mol. The van der Waals surface area contributed by atoms with Gasteiger partial charge in [0.2, 0.25) is 0 Å². The summed E-state index contributed by atoms with van der Waals surface area (Å²) in [6, 6.07) is 0. The van der Waals surface area contributed by atoms with Gasteiger partial charge in [0.25, 0.3) is 0 Å². The summed E-state index contributed by atoms with van der Waals surface area (Å²) in [5.74, 6) is 5.71. The van der Waals surface area contributed by atoms with Gasteiger partial charge in [-0.3, -0.25) is 0 Å². The Morgan fingerprint density at radius 3 is 2.86 bits per heavy atom. The molecule has 0 saturated carbocycles. The minimum absolute atomic E-state index is 0.00975. The molecule has 2 aliphatic heterocycles. The van der Waals surface area contributed by atoms with Gasteiger partial charge in [0.1, 0.15) is 24.4 Å². The molecule has 4 nitrogen and oxygen atoms in total. The Labute approximate surface area is 81.1 Å². The fourth-order valence-electron chi connectivity index (χ4n) is 1.70. The van der Waals surface area contributed by atoms with Crippen LogP contribution in [0.15, 0.2) is 12.2 Å². The fourth-order valence-corrected chi connectivity index (χ4v) is 1.70. The molecule has 5 atom stereocenters. The predicted octanol–water partition coefficient (Wildman–Crippen LogP) is -1.18. The molecular formula is C10H10O4. The van der Waals surface area contributed by atoms with E-state index in [0.29, 0.717) is 6.61 Å². The molecule has 0 aromatic carbocycles. The highest BCUT2D eigenvalue weighted by molar-refractivity contribution is 5.37. The summed E-state index contributed by atoms with van der Waals surface area (Å²) in [5.41, 5.74) is -0.875. The first-order valence-corrected chi connectivity index (χ1v) is 4.59. The lowest BCUT2D eigenvalue weighted by atomic mass is 9.90. The van der Waals surface area contributed by atoms with Crippen LogP contribution < -0.4 is 0 Å². The molecule has 14 heavy (non-hydrogen) atoms. The number of epoxide rings is 2. The summed E-state index contributed by atoms with van der Waals surface area (Å²) in [6.45, 7) is 0.655. The van der Waals surface area contributed by atoms with E-state index in [9.17, 15) is 10.2 Å². The van der Waals surface area contributed by atoms with E-state index in [1.54, 1.807) is 0 Å². The number of rotatable bonds is 0. The van der Waals surface area contributed by atoms with Crippen molar-refractivity contribution >= 4 is 0 Å². The standard InChI is InChI=1S/C10H10O4/c11-7-1-2-8(12)10(9(7)14-10)4-3-6-5-13-6/h1-2,6-9,11-12H,5H2/t6-,7-,8-,9+,10-/m0/s1. The topological polar surface area (TPSA) is 65.5 Å². The molecule has 1 aliphatic carbocycles. The van der Waals surface area contributed by atoms with Crippen molar-refractivity contribution < 1.29 is 19.7 Å². The smallest absolute Gasteiger partial charge is 0.187 e. The number of hydrogen-bond donors (Lipinski definition) is 2. The van der Waals surface area contributed by atoms with E-state index >= 15 is 0 Å². The fraction of sp³-hybridized carbons (Fsp3) is 0.600. The van der Waals surface area contributed by atoms with E-state index in [-0.39, 0.29) is 12.2 Å². The Morgan fingerprint density at radius 1 is 1.36 bits per heavy atom. The second kappa shape index (κ2) is 2.59. The molecule has 3 aliphatic rings. The third-order valence-corrected chi connectivity index (χ3v) is 2.69. The molecule has 0 spiro atoms. The summed E-state index contributed by atoms with van der Waals surface area (Å²) < 4.78 is 10.2. The maximum Gasteiger partial charge on any atom is 0.187 e. The van der Waals surface area contributed by atoms with Gasteiger partial charge >= 0.3 is 0 Å². The van der Waals surface area contributed by atoms with Crippen molar-refractivity contribution in [2.24, 2.45) is 0 Å². The molecule has 0 radical (unpaired) electrons. The SMILES string of the molecule is O[C@H]1C=C[C@H](O)[C@]2(C#C[C@H]3CO3)O[C@H]12. The highest BCUT2D eigenvalue weighted by Crippen LogP contribution is 2.45. The zero-order valence-corrected chi connectivity index (χ0v) is 7.38. The molecule has 0 bridgehead atoms. The summed E-state index contributed by atoms with van der Waals surface area (Å²) in [5, 5.41) is 19.1. The lowest BCUT2D eigenvalue weighted by Gasteiger charge is -2.16. The van der Waals surface area contributed by atoms with Crippen molar-refractivity contribution in [3.8, 4) is 11.8 Å². The average Bonchev–Trinajstić information content (AvgIpc) is 2.98. The van der Waals surface area contributed by atoms with Crippen LogP contribution in [-0.2, 0) is 9.47 Å². The third-order valence-electron chi connectivity index (χ3n) is 2.69. The van der Waals surface area contributed by atoms with Crippen LogP contribution in [0, 0.1) is 11.8 Å². The minimum atomic E-state index is -0.875. The first-order chi connectivity index (χ1) is 6.72. The van der Waals surface area contributed by atoms with Crippen LogP contribution in [0.4, 0.5) is 0 Å². The summed E-state index contributed by atoms with van der Waals surface area (Å²) >= 11 is 0. The first-order valence-electron chi connectivity index (χ1n) is 4.59. The minimum Gasteiger partial charge on any atom is -0.386 e. The molecule has 2 N–H and O–H groups in total. The summed E-state index contributed by atoms with van der Waals surface area (Å²) in [7, 11) is 0. The van der Waals surface area contributed by atoms with Gasteiger partial charge in [0.05, 0.1) is 6.61 Å². The zero-order chi connectivity index (χ0) is 9.76. The van der Waals surface area contributed by atoms with Crippen molar-refractivity contribution in [2.45, 2.75) is 30.0 Å². The van der Waals surface area contributed by atoms with Crippen molar-refractivity contribution in [2.75, 3.05) is 6.61 Å². The van der Waals surface area contributed by atoms with Crippen LogP contribution >= 0.6 is 0 Å². The summed E-state index contributed by atoms with van der Waals surface area (Å²) in [6.07, 6.45) is 1.26. The van der Waals surface area contributed by atoms with Gasteiger partial charge in [0.15, 0.2) is 5.60 Å². The first kappa shape index (κ1) is 8.45. The molecule has 2 saturated heterocycles. The van der Waals surface area contributed by atoms with Crippen molar-refractivity contribution in [1.29, 1.82) is 0 Å². The maximum atomic E-state index is 9.65. The number of ether oxygens (including phenoxy) is 2. The molecule has 0 amide bonds. The highest BCUT2D eigenvalue weighted by atomic mass is 16.6. The molecule has 2 fully saturated rings. The number of hydrogen-bond acceptors (Lipinski definition) is 4. The van der Waals surface area contributed by atoms with Crippen molar-refractivity contribution in [3.05, 3.63) is 12.2 Å². The highest BCUT2D eigenvalue weighted by Gasteiger charge is 2.64. The van der Waals surface area contributed by atoms with E-state index in [1.807, 2.05) is 0 Å². The van der Waals surface area contributed by atoms with E-state index in [2.05, 4.69) is 11.8 Å². The van der Waals surface area contributed by atoms with Crippen LogP contribution in [0.3, 0.4) is 0 Å². The lowest BCUT2D eigenvalue weighted by molar-refractivity contribution is 0.144. The van der Waals surface area contributed by atoms with Gasteiger partial charge in [-0.05, 0) is 0 Å². The van der Waals surface area contributed by atoms with E-state index in [0.717, 1.165) is 0 Å². The van der Waals surface area contributed by atoms with Gasteiger partial charge in [-0.2, -0.15) is 0 Å². The Morgan fingerprint density at radius 2 is 2.14 bits per heavy atom. The largest absolute Gasteiger partial charge is 0.386 e. The van der Waals surface area contributed by atoms with Crippen LogP contribution in [0.1, 0.15) is 0 Å². The molecule has 0 aromatic heterocycles. The molecule has 2 heterocycles. The second-order valence-electron chi connectivity index (χ2n) is 3.74.